The Morgan fingerprint density at radius 2 is 2.29 bits per heavy atom. The van der Waals surface area contributed by atoms with Gasteiger partial charge < -0.3 is 15.7 Å². The van der Waals surface area contributed by atoms with E-state index in [2.05, 4.69) is 0 Å². The molecule has 1 aliphatic heterocycles. The maximum atomic E-state index is 11.4. The molecule has 1 amide bonds. The molecule has 14 heavy (non-hydrogen) atoms. The third-order valence-electron chi connectivity index (χ3n) is 2.16. The lowest BCUT2D eigenvalue weighted by Crippen LogP contribution is -2.46. The van der Waals surface area contributed by atoms with E-state index in [4.69, 9.17) is 10.8 Å². The molecule has 3 N–H and O–H groups in total. The number of carbonyl (C=O) groups excluding carboxylic acids is 1. The number of hydrogen-bond donors (Lipinski definition) is 2. The van der Waals surface area contributed by atoms with Gasteiger partial charge in [0, 0.05) is 25.0 Å². The van der Waals surface area contributed by atoms with Crippen LogP contribution in [0.1, 0.15) is 20.3 Å². The number of carbonyl (C=O) groups is 2. The molecule has 1 saturated heterocycles. The van der Waals surface area contributed by atoms with Crippen LogP contribution in [-0.4, -0.2) is 40.5 Å². The van der Waals surface area contributed by atoms with Crippen molar-refractivity contribution >= 4 is 11.9 Å². The van der Waals surface area contributed by atoms with Crippen LogP contribution >= 0.6 is 0 Å². The van der Waals surface area contributed by atoms with E-state index in [1.165, 1.54) is 4.90 Å². The summed E-state index contributed by atoms with van der Waals surface area (Å²) < 4.78 is 0. The van der Waals surface area contributed by atoms with Crippen molar-refractivity contribution in [2.75, 3.05) is 13.1 Å². The van der Waals surface area contributed by atoms with Gasteiger partial charge >= 0.3 is 5.97 Å². The topological polar surface area (TPSA) is 83.6 Å². The zero-order valence-corrected chi connectivity index (χ0v) is 8.49. The van der Waals surface area contributed by atoms with Gasteiger partial charge in [0.1, 0.15) is 0 Å². The van der Waals surface area contributed by atoms with Gasteiger partial charge in [-0.3, -0.25) is 9.59 Å². The number of carboxylic acid groups (broad SMARTS) is 1. The number of carboxylic acids is 1. The van der Waals surface area contributed by atoms with Crippen LogP contribution in [0.5, 0.6) is 0 Å². The number of nitrogens with zero attached hydrogens (tertiary/aromatic N) is 1. The summed E-state index contributed by atoms with van der Waals surface area (Å²) in [5.41, 5.74) is 5.29. The molecular weight excluding hydrogens is 184 g/mol. The third kappa shape index (κ3) is 2.70. The maximum Gasteiger partial charge on any atom is 0.308 e. The van der Waals surface area contributed by atoms with Gasteiger partial charge in [-0.1, -0.05) is 0 Å². The Balaban J connectivity index is 2.58. The van der Waals surface area contributed by atoms with Crippen molar-refractivity contribution in [3.8, 4) is 0 Å². The van der Waals surface area contributed by atoms with Crippen LogP contribution in [0.4, 0.5) is 0 Å². The molecule has 5 nitrogen and oxygen atoms in total. The maximum absolute atomic E-state index is 11.4. The monoisotopic (exact) mass is 200 g/mol. The van der Waals surface area contributed by atoms with E-state index < -0.39 is 17.4 Å². The summed E-state index contributed by atoms with van der Waals surface area (Å²) in [4.78, 5) is 23.5. The molecule has 1 aliphatic rings. The second-order valence-corrected chi connectivity index (χ2v) is 4.50. The molecule has 0 bridgehead atoms. The summed E-state index contributed by atoms with van der Waals surface area (Å²) in [5.74, 6) is -1.59. The first-order chi connectivity index (χ1) is 6.29. The standard InChI is InChI=1S/C9H16N2O3/c1-9(2,10)5-11-4-6(8(13)14)3-7(11)12/h6H,3-5,10H2,1-2H3,(H,13,14). The van der Waals surface area contributed by atoms with Gasteiger partial charge in [0.2, 0.25) is 5.91 Å². The molecule has 5 heteroatoms. The van der Waals surface area contributed by atoms with E-state index >= 15 is 0 Å². The number of likely N-dealkylation sites (tertiary alicyclic amines) is 1. The lowest BCUT2D eigenvalue weighted by molar-refractivity contribution is -0.141. The zero-order valence-electron chi connectivity index (χ0n) is 8.49. The van der Waals surface area contributed by atoms with Gasteiger partial charge in [0.25, 0.3) is 0 Å². The predicted octanol–water partition coefficient (Wildman–Crippen LogP) is -0.343. The Morgan fingerprint density at radius 3 is 2.64 bits per heavy atom. The van der Waals surface area contributed by atoms with Gasteiger partial charge in [-0.2, -0.15) is 0 Å². The average Bonchev–Trinajstić information content (AvgIpc) is 2.29. The molecule has 1 atom stereocenters. The molecule has 0 aliphatic carbocycles. The van der Waals surface area contributed by atoms with E-state index in [0.717, 1.165) is 0 Å². The van der Waals surface area contributed by atoms with Crippen molar-refractivity contribution in [1.29, 1.82) is 0 Å². The highest BCUT2D eigenvalue weighted by atomic mass is 16.4. The second-order valence-electron chi connectivity index (χ2n) is 4.50. The second kappa shape index (κ2) is 3.57. The van der Waals surface area contributed by atoms with Crippen LogP contribution in [-0.2, 0) is 9.59 Å². The number of rotatable bonds is 3. The normalized spacial score (nSPS) is 22.9. The van der Waals surface area contributed by atoms with E-state index in [0.29, 0.717) is 6.54 Å². The molecule has 1 fully saturated rings. The van der Waals surface area contributed by atoms with E-state index in [-0.39, 0.29) is 18.9 Å². The van der Waals surface area contributed by atoms with Crippen LogP contribution in [0.2, 0.25) is 0 Å². The summed E-state index contributed by atoms with van der Waals surface area (Å²) >= 11 is 0. The molecule has 1 rings (SSSR count). The van der Waals surface area contributed by atoms with Gasteiger partial charge in [-0.05, 0) is 13.8 Å². The van der Waals surface area contributed by atoms with Gasteiger partial charge in [0.15, 0.2) is 0 Å². The molecule has 0 aromatic carbocycles. The van der Waals surface area contributed by atoms with Gasteiger partial charge in [-0.15, -0.1) is 0 Å². The van der Waals surface area contributed by atoms with E-state index in [1.807, 2.05) is 13.8 Å². The van der Waals surface area contributed by atoms with E-state index in [1.54, 1.807) is 0 Å². The fraction of sp³-hybridized carbons (Fsp3) is 0.778. The summed E-state index contributed by atoms with van der Waals surface area (Å²) in [5, 5.41) is 8.74. The number of nitrogens with two attached hydrogens (primary N) is 1. The Labute approximate surface area is 82.9 Å². The van der Waals surface area contributed by atoms with Crippen molar-refractivity contribution in [3.63, 3.8) is 0 Å². The van der Waals surface area contributed by atoms with Crippen molar-refractivity contribution in [1.82, 2.24) is 4.90 Å². The number of amides is 1. The lowest BCUT2D eigenvalue weighted by atomic mass is 10.1. The lowest BCUT2D eigenvalue weighted by Gasteiger charge is -2.26. The highest BCUT2D eigenvalue weighted by molar-refractivity contribution is 5.86. The minimum atomic E-state index is -0.907. The number of aliphatic carboxylic acids is 1. The quantitative estimate of drug-likeness (QED) is 0.652. The third-order valence-corrected chi connectivity index (χ3v) is 2.16. The van der Waals surface area contributed by atoms with Crippen molar-refractivity contribution in [2.45, 2.75) is 25.8 Å². The zero-order chi connectivity index (χ0) is 10.9. The summed E-state index contributed by atoms with van der Waals surface area (Å²) in [7, 11) is 0. The highest BCUT2D eigenvalue weighted by Gasteiger charge is 2.35. The molecule has 1 unspecified atom stereocenters. The van der Waals surface area contributed by atoms with Crippen LogP contribution in [0.15, 0.2) is 0 Å². The molecule has 80 valence electrons. The molecule has 0 radical (unpaired) electrons. The molecule has 0 spiro atoms. The molecular formula is C9H16N2O3. The average molecular weight is 200 g/mol. The Kier molecular flexibility index (Phi) is 2.80. The first-order valence-corrected chi connectivity index (χ1v) is 4.59. The molecule has 0 saturated carbocycles. The summed E-state index contributed by atoms with van der Waals surface area (Å²) in [6, 6.07) is 0. The van der Waals surface area contributed by atoms with Crippen molar-refractivity contribution in [3.05, 3.63) is 0 Å². The van der Waals surface area contributed by atoms with Crippen LogP contribution in [0.3, 0.4) is 0 Å². The summed E-state index contributed by atoms with van der Waals surface area (Å²) in [6.07, 6.45) is 0.103. The van der Waals surface area contributed by atoms with E-state index in [9.17, 15) is 9.59 Å². The van der Waals surface area contributed by atoms with Gasteiger partial charge in [0.05, 0.1) is 5.92 Å². The first kappa shape index (κ1) is 11.0. The Bertz CT molecular complexity index is 257. The van der Waals surface area contributed by atoms with Crippen molar-refractivity contribution in [2.24, 2.45) is 11.7 Å². The van der Waals surface area contributed by atoms with Crippen molar-refractivity contribution < 1.29 is 14.7 Å². The molecule has 1 heterocycles. The SMILES string of the molecule is CC(C)(N)CN1CC(C(=O)O)CC1=O. The Morgan fingerprint density at radius 1 is 1.71 bits per heavy atom. The predicted molar refractivity (Wildman–Crippen MR) is 50.6 cm³/mol. The first-order valence-electron chi connectivity index (χ1n) is 4.59. The minimum absolute atomic E-state index is 0.103. The summed E-state index contributed by atoms with van der Waals surface area (Å²) in [6.45, 7) is 4.33. The van der Waals surface area contributed by atoms with Crippen LogP contribution in [0, 0.1) is 5.92 Å². The highest BCUT2D eigenvalue weighted by Crippen LogP contribution is 2.19. The Hall–Kier alpha value is -1.10. The van der Waals surface area contributed by atoms with Crippen LogP contribution < -0.4 is 5.73 Å². The smallest absolute Gasteiger partial charge is 0.308 e. The largest absolute Gasteiger partial charge is 0.481 e. The fourth-order valence-corrected chi connectivity index (χ4v) is 1.58. The molecule has 0 aromatic rings. The molecule has 0 aromatic heterocycles. The van der Waals surface area contributed by atoms with Gasteiger partial charge in [-0.25, -0.2) is 0 Å². The number of hydrogen-bond acceptors (Lipinski definition) is 3. The minimum Gasteiger partial charge on any atom is -0.481 e. The fourth-order valence-electron chi connectivity index (χ4n) is 1.58. The van der Waals surface area contributed by atoms with Crippen LogP contribution in [0.25, 0.3) is 0 Å².